The molecular formula is C14H19N3O2. The van der Waals surface area contributed by atoms with E-state index < -0.39 is 0 Å². The Bertz CT molecular complexity index is 432. The summed E-state index contributed by atoms with van der Waals surface area (Å²) in [4.78, 5) is 19.2. The average molecular weight is 261 g/mol. The highest BCUT2D eigenvalue weighted by Crippen LogP contribution is 2.24. The lowest BCUT2D eigenvalue weighted by Gasteiger charge is -2.22. The number of nitrogens with one attached hydrogen (secondary N) is 1. The molecule has 1 aromatic carbocycles. The number of likely N-dealkylation sites (tertiary alicyclic amines) is 1. The van der Waals surface area contributed by atoms with E-state index in [1.165, 1.54) is 25.9 Å². The molecule has 0 saturated carbocycles. The van der Waals surface area contributed by atoms with Gasteiger partial charge in [-0.1, -0.05) is 35.9 Å². The highest BCUT2D eigenvalue weighted by molar-refractivity contribution is 5.78. The lowest BCUT2D eigenvalue weighted by molar-refractivity contribution is -0.144. The highest BCUT2D eigenvalue weighted by Gasteiger charge is 2.36. The van der Waals surface area contributed by atoms with Crippen molar-refractivity contribution in [1.29, 1.82) is 0 Å². The lowest BCUT2D eigenvalue weighted by atomic mass is 10.1. The van der Waals surface area contributed by atoms with E-state index in [-0.39, 0.29) is 12.0 Å². The van der Waals surface area contributed by atoms with Crippen molar-refractivity contribution in [2.75, 3.05) is 26.2 Å². The first-order valence-electron chi connectivity index (χ1n) is 6.85. The van der Waals surface area contributed by atoms with Gasteiger partial charge in [-0.15, -0.1) is 0 Å². The molecule has 2 heterocycles. The fraction of sp³-hybridized carbons (Fsp3) is 0.500. The lowest BCUT2D eigenvalue weighted by Crippen LogP contribution is -2.39. The summed E-state index contributed by atoms with van der Waals surface area (Å²) in [6, 6.07) is 9.43. The first kappa shape index (κ1) is 12.6. The fourth-order valence-corrected chi connectivity index (χ4v) is 2.72. The van der Waals surface area contributed by atoms with Gasteiger partial charge in [-0.2, -0.15) is 5.01 Å². The van der Waals surface area contributed by atoms with Gasteiger partial charge in [0, 0.05) is 13.1 Å². The largest absolute Gasteiger partial charge is 0.353 e. The summed E-state index contributed by atoms with van der Waals surface area (Å²) in [7, 11) is 0. The third-order valence-electron chi connectivity index (χ3n) is 3.77. The predicted octanol–water partition coefficient (Wildman–Crippen LogP) is 1.10. The average Bonchev–Trinajstić information content (AvgIpc) is 3.07. The van der Waals surface area contributed by atoms with E-state index in [1.54, 1.807) is 0 Å². The third kappa shape index (κ3) is 2.78. The first-order chi connectivity index (χ1) is 9.34. The maximum atomic E-state index is 11.8. The van der Waals surface area contributed by atoms with Gasteiger partial charge < -0.3 is 9.74 Å². The number of hydrogen-bond donors (Lipinski definition) is 1. The van der Waals surface area contributed by atoms with Crippen LogP contribution in [-0.2, 0) is 9.63 Å². The molecule has 2 aliphatic rings. The second-order valence-electron chi connectivity index (χ2n) is 5.07. The minimum absolute atomic E-state index is 0.229. The van der Waals surface area contributed by atoms with Crippen LogP contribution in [0.4, 0.5) is 0 Å². The molecule has 19 heavy (non-hydrogen) atoms. The molecule has 0 aliphatic carbocycles. The van der Waals surface area contributed by atoms with Crippen LogP contribution in [-0.4, -0.2) is 42.1 Å². The Morgan fingerprint density at radius 1 is 1.16 bits per heavy atom. The van der Waals surface area contributed by atoms with E-state index in [9.17, 15) is 4.79 Å². The Kier molecular flexibility index (Phi) is 3.77. The molecule has 1 N–H and O–H groups in total. The predicted molar refractivity (Wildman–Crippen MR) is 70.8 cm³/mol. The number of rotatable bonds is 4. The van der Waals surface area contributed by atoms with Crippen molar-refractivity contribution in [3.8, 4) is 0 Å². The van der Waals surface area contributed by atoms with Crippen LogP contribution >= 0.6 is 0 Å². The van der Waals surface area contributed by atoms with Crippen LogP contribution in [0.1, 0.15) is 24.4 Å². The molecule has 0 amide bonds. The first-order valence-corrected chi connectivity index (χ1v) is 6.85. The van der Waals surface area contributed by atoms with Gasteiger partial charge >= 0.3 is 5.97 Å². The van der Waals surface area contributed by atoms with Crippen LogP contribution in [0.2, 0.25) is 0 Å². The monoisotopic (exact) mass is 261 g/mol. The fourth-order valence-electron chi connectivity index (χ4n) is 2.72. The third-order valence-corrected chi connectivity index (χ3v) is 3.77. The number of carbonyl (C=O) groups excluding carboxylic acids is 1. The number of hydrogen-bond acceptors (Lipinski definition) is 5. The molecule has 5 heteroatoms. The molecule has 0 bridgehead atoms. The normalized spacial score (nSPS) is 24.8. The summed E-state index contributed by atoms with van der Waals surface area (Å²) < 4.78 is 0. The molecule has 3 rings (SSSR count). The Morgan fingerprint density at radius 2 is 1.89 bits per heavy atom. The van der Waals surface area contributed by atoms with E-state index in [4.69, 9.17) is 4.84 Å². The van der Waals surface area contributed by atoms with E-state index >= 15 is 0 Å². The van der Waals surface area contributed by atoms with E-state index in [0.29, 0.717) is 0 Å². The van der Waals surface area contributed by atoms with E-state index in [2.05, 4.69) is 10.5 Å². The highest BCUT2D eigenvalue weighted by atomic mass is 16.7. The van der Waals surface area contributed by atoms with Crippen LogP contribution in [0.3, 0.4) is 0 Å². The molecule has 0 radical (unpaired) electrons. The van der Waals surface area contributed by atoms with Crippen molar-refractivity contribution in [3.05, 3.63) is 35.9 Å². The Morgan fingerprint density at radius 3 is 2.63 bits per heavy atom. The molecule has 1 unspecified atom stereocenters. The summed E-state index contributed by atoms with van der Waals surface area (Å²) in [5.74, 6) is -0.229. The zero-order valence-electron chi connectivity index (χ0n) is 10.9. The maximum absolute atomic E-state index is 11.8. The van der Waals surface area contributed by atoms with E-state index in [0.717, 1.165) is 18.7 Å². The Labute approximate surface area is 113 Å². The molecule has 1 atom stereocenters. The van der Waals surface area contributed by atoms with Crippen LogP contribution in [0.15, 0.2) is 30.3 Å². The molecule has 0 aromatic heterocycles. The molecule has 102 valence electrons. The SMILES string of the molecule is O=C1ONN(CCN2CCCC2)C1c1ccccc1. The molecule has 2 aliphatic heterocycles. The summed E-state index contributed by atoms with van der Waals surface area (Å²) >= 11 is 0. The topological polar surface area (TPSA) is 44.8 Å². The van der Waals surface area contributed by atoms with Crippen LogP contribution in [0.25, 0.3) is 0 Å². The summed E-state index contributed by atoms with van der Waals surface area (Å²) in [5.41, 5.74) is 3.71. The van der Waals surface area contributed by atoms with Gasteiger partial charge in [0.25, 0.3) is 0 Å². The van der Waals surface area contributed by atoms with Crippen molar-refractivity contribution in [3.63, 3.8) is 0 Å². The molecule has 2 fully saturated rings. The van der Waals surface area contributed by atoms with Gasteiger partial charge in [-0.05, 0) is 31.5 Å². The van der Waals surface area contributed by atoms with Gasteiger partial charge in [0.15, 0.2) is 6.04 Å². The Hall–Kier alpha value is -1.43. The zero-order valence-corrected chi connectivity index (χ0v) is 10.9. The second-order valence-corrected chi connectivity index (χ2v) is 5.07. The van der Waals surface area contributed by atoms with Gasteiger partial charge in [0.1, 0.15) is 0 Å². The quantitative estimate of drug-likeness (QED) is 0.879. The van der Waals surface area contributed by atoms with Crippen LogP contribution in [0.5, 0.6) is 0 Å². The number of carbonyl (C=O) groups is 1. The Balaban J connectivity index is 1.65. The maximum Gasteiger partial charge on any atom is 0.349 e. The standard InChI is InChI=1S/C14H19N3O2/c18-14-13(12-6-2-1-3-7-12)17(15-19-14)11-10-16-8-4-5-9-16/h1-3,6-7,13,15H,4-5,8-11H2. The summed E-state index contributed by atoms with van der Waals surface area (Å²) in [6.07, 6.45) is 2.57. The molecule has 2 saturated heterocycles. The molecule has 1 aromatic rings. The van der Waals surface area contributed by atoms with Gasteiger partial charge in [0.05, 0.1) is 0 Å². The molecule has 5 nitrogen and oxygen atoms in total. The number of benzene rings is 1. The van der Waals surface area contributed by atoms with Crippen LogP contribution < -0.4 is 5.59 Å². The van der Waals surface area contributed by atoms with Gasteiger partial charge in [0.2, 0.25) is 0 Å². The second kappa shape index (κ2) is 5.69. The van der Waals surface area contributed by atoms with E-state index in [1.807, 2.05) is 35.3 Å². The van der Waals surface area contributed by atoms with Gasteiger partial charge in [-0.25, -0.2) is 4.79 Å². The van der Waals surface area contributed by atoms with Gasteiger partial charge in [-0.3, -0.25) is 0 Å². The van der Waals surface area contributed by atoms with Crippen molar-refractivity contribution in [2.45, 2.75) is 18.9 Å². The zero-order chi connectivity index (χ0) is 13.1. The molecule has 0 spiro atoms. The van der Waals surface area contributed by atoms with Crippen molar-refractivity contribution >= 4 is 5.97 Å². The van der Waals surface area contributed by atoms with Crippen molar-refractivity contribution < 1.29 is 9.63 Å². The minimum atomic E-state index is -0.330. The smallest absolute Gasteiger partial charge is 0.349 e. The van der Waals surface area contributed by atoms with Crippen LogP contribution in [0, 0.1) is 0 Å². The number of hydrazine groups is 1. The van der Waals surface area contributed by atoms with Crippen molar-refractivity contribution in [1.82, 2.24) is 15.5 Å². The van der Waals surface area contributed by atoms with Crippen molar-refractivity contribution in [2.24, 2.45) is 0 Å². The summed E-state index contributed by atoms with van der Waals surface area (Å²) in [6.45, 7) is 4.08. The number of nitrogens with zero attached hydrogens (tertiary/aromatic N) is 2. The molecular weight excluding hydrogens is 242 g/mol. The summed E-state index contributed by atoms with van der Waals surface area (Å²) in [5, 5.41) is 1.88. The minimum Gasteiger partial charge on any atom is -0.353 e.